The van der Waals surface area contributed by atoms with Crippen molar-refractivity contribution in [2.75, 3.05) is 0 Å². The van der Waals surface area contributed by atoms with E-state index in [-0.39, 0.29) is 0 Å². The summed E-state index contributed by atoms with van der Waals surface area (Å²) in [7, 11) is 0. The van der Waals surface area contributed by atoms with Gasteiger partial charge < -0.3 is 0 Å². The zero-order chi connectivity index (χ0) is 10.3. The topological polar surface area (TPSA) is 0 Å². The first kappa shape index (κ1) is 10.5. The smallest absolute Gasteiger partial charge is 0.0241 e. The Kier molecular flexibility index (Phi) is 2.66. The minimum Gasteiger partial charge on any atom is -0.0620 e. The Balaban J connectivity index is 2.12. The van der Waals surface area contributed by atoms with Gasteiger partial charge in [0.15, 0.2) is 0 Å². The second kappa shape index (κ2) is 3.54. The molecule has 0 amide bonds. The molecule has 2 saturated carbocycles. The lowest BCUT2D eigenvalue weighted by Crippen LogP contribution is -2.40. The molecule has 0 aliphatic heterocycles. The largest absolute Gasteiger partial charge is 0.0620 e. The van der Waals surface area contributed by atoms with Crippen LogP contribution in [0.15, 0.2) is 0 Å². The number of fused-ring (bicyclic) bond motifs is 1. The molecule has 0 nitrogen and oxygen atoms in total. The third kappa shape index (κ3) is 1.73. The summed E-state index contributed by atoms with van der Waals surface area (Å²) in [6.07, 6.45) is 7.32. The maximum absolute atomic E-state index is 2.49. The van der Waals surface area contributed by atoms with E-state index < -0.39 is 0 Å². The molecule has 0 aromatic heterocycles. The van der Waals surface area contributed by atoms with Gasteiger partial charge >= 0.3 is 0 Å². The Morgan fingerprint density at radius 1 is 1.29 bits per heavy atom. The highest BCUT2D eigenvalue weighted by atomic mass is 14.5. The van der Waals surface area contributed by atoms with Gasteiger partial charge in [0.25, 0.3) is 0 Å². The third-order valence-electron chi connectivity index (χ3n) is 5.01. The summed E-state index contributed by atoms with van der Waals surface area (Å²) >= 11 is 0. The lowest BCUT2D eigenvalue weighted by molar-refractivity contribution is 0.0344. The lowest BCUT2D eigenvalue weighted by Gasteiger charge is -2.50. The van der Waals surface area contributed by atoms with Crippen LogP contribution in [0.4, 0.5) is 0 Å². The highest BCUT2D eigenvalue weighted by Gasteiger charge is 2.43. The van der Waals surface area contributed by atoms with E-state index >= 15 is 0 Å². The van der Waals surface area contributed by atoms with Crippen molar-refractivity contribution in [1.82, 2.24) is 0 Å². The fraction of sp³-hybridized carbons (Fsp3) is 0.929. The van der Waals surface area contributed by atoms with Crippen LogP contribution in [-0.4, -0.2) is 0 Å². The first-order chi connectivity index (χ1) is 6.50. The summed E-state index contributed by atoms with van der Waals surface area (Å²) < 4.78 is 0. The van der Waals surface area contributed by atoms with Crippen molar-refractivity contribution in [3.63, 3.8) is 0 Å². The maximum Gasteiger partial charge on any atom is -0.0241 e. The second-order valence-corrected chi connectivity index (χ2v) is 6.43. The summed E-state index contributed by atoms with van der Waals surface area (Å²) in [5, 5.41) is 0. The third-order valence-corrected chi connectivity index (χ3v) is 5.01. The minimum absolute atomic E-state index is 0.615. The second-order valence-electron chi connectivity index (χ2n) is 6.43. The van der Waals surface area contributed by atoms with Crippen LogP contribution < -0.4 is 0 Å². The van der Waals surface area contributed by atoms with Gasteiger partial charge in [0.1, 0.15) is 0 Å². The van der Waals surface area contributed by atoms with Crippen LogP contribution in [0.3, 0.4) is 0 Å². The van der Waals surface area contributed by atoms with Crippen LogP contribution in [0.1, 0.15) is 59.8 Å². The van der Waals surface area contributed by atoms with Crippen LogP contribution >= 0.6 is 0 Å². The predicted octanol–water partition coefficient (Wildman–Crippen LogP) is 4.45. The Morgan fingerprint density at radius 3 is 2.71 bits per heavy atom. The quantitative estimate of drug-likeness (QED) is 0.533. The SMILES string of the molecule is C[C]1CC2C(CCCC2(C)C)CC1C. The molecule has 2 fully saturated rings. The molecular weight excluding hydrogens is 168 g/mol. The van der Waals surface area contributed by atoms with Gasteiger partial charge in [-0.15, -0.1) is 0 Å². The molecular formula is C14H25. The van der Waals surface area contributed by atoms with Crippen LogP contribution in [-0.2, 0) is 0 Å². The van der Waals surface area contributed by atoms with Crippen molar-refractivity contribution < 1.29 is 0 Å². The van der Waals surface area contributed by atoms with Gasteiger partial charge in [-0.2, -0.15) is 0 Å². The highest BCUT2D eigenvalue weighted by Crippen LogP contribution is 2.53. The summed E-state index contributed by atoms with van der Waals surface area (Å²) in [6, 6.07) is 0. The number of hydrogen-bond acceptors (Lipinski definition) is 0. The summed E-state index contributed by atoms with van der Waals surface area (Å²) in [5.74, 6) is 4.69. The van der Waals surface area contributed by atoms with E-state index in [1.54, 1.807) is 5.92 Å². The van der Waals surface area contributed by atoms with Gasteiger partial charge in [-0.1, -0.05) is 40.5 Å². The summed E-state index contributed by atoms with van der Waals surface area (Å²) in [5.41, 5.74) is 0.615. The molecule has 14 heavy (non-hydrogen) atoms. The number of hydrogen-bond donors (Lipinski definition) is 0. The zero-order valence-corrected chi connectivity index (χ0v) is 10.3. The maximum atomic E-state index is 2.49. The molecule has 2 aliphatic carbocycles. The van der Waals surface area contributed by atoms with Gasteiger partial charge in [0.05, 0.1) is 0 Å². The molecule has 0 bridgehead atoms. The van der Waals surface area contributed by atoms with Crippen molar-refractivity contribution in [1.29, 1.82) is 0 Å². The fourth-order valence-electron chi connectivity index (χ4n) is 3.77. The Bertz CT molecular complexity index is 204. The van der Waals surface area contributed by atoms with Gasteiger partial charge in [-0.3, -0.25) is 0 Å². The van der Waals surface area contributed by atoms with Crippen LogP contribution in [0, 0.1) is 29.1 Å². The first-order valence-electron chi connectivity index (χ1n) is 6.33. The molecule has 0 heterocycles. The molecule has 0 aromatic carbocycles. The van der Waals surface area contributed by atoms with E-state index in [4.69, 9.17) is 0 Å². The van der Waals surface area contributed by atoms with Crippen LogP contribution in [0.25, 0.3) is 0 Å². The average molecular weight is 193 g/mol. The predicted molar refractivity (Wildman–Crippen MR) is 61.9 cm³/mol. The molecule has 0 spiro atoms. The summed E-state index contributed by atoms with van der Waals surface area (Å²) in [4.78, 5) is 0. The molecule has 0 aromatic rings. The molecule has 3 unspecified atom stereocenters. The standard InChI is InChI=1S/C14H25/c1-10-8-12-6-5-7-14(3,4)13(12)9-11(10)2/h10,12-13H,5-9H2,1-4H3. The Labute approximate surface area is 89.5 Å². The molecule has 2 aliphatic rings. The molecule has 0 N–H and O–H groups in total. The van der Waals surface area contributed by atoms with Crippen LogP contribution in [0.5, 0.6) is 0 Å². The average Bonchev–Trinajstić information content (AvgIpc) is 2.08. The van der Waals surface area contributed by atoms with E-state index in [0.29, 0.717) is 5.41 Å². The molecule has 81 valence electrons. The first-order valence-corrected chi connectivity index (χ1v) is 6.33. The lowest BCUT2D eigenvalue weighted by atomic mass is 9.55. The van der Waals surface area contributed by atoms with E-state index in [1.165, 1.54) is 32.1 Å². The summed E-state index contributed by atoms with van der Waals surface area (Å²) in [6.45, 7) is 9.79. The van der Waals surface area contributed by atoms with E-state index in [1.807, 2.05) is 0 Å². The van der Waals surface area contributed by atoms with Crippen LogP contribution in [0.2, 0.25) is 0 Å². The van der Waals surface area contributed by atoms with Gasteiger partial charge in [-0.25, -0.2) is 0 Å². The van der Waals surface area contributed by atoms with Crippen molar-refractivity contribution in [3.8, 4) is 0 Å². The molecule has 1 radical (unpaired) electrons. The van der Waals surface area contributed by atoms with Crippen molar-refractivity contribution in [2.45, 2.75) is 59.8 Å². The van der Waals surface area contributed by atoms with E-state index in [9.17, 15) is 0 Å². The van der Waals surface area contributed by atoms with Gasteiger partial charge in [0.2, 0.25) is 0 Å². The van der Waals surface area contributed by atoms with Gasteiger partial charge in [0, 0.05) is 0 Å². The minimum atomic E-state index is 0.615. The van der Waals surface area contributed by atoms with E-state index in [2.05, 4.69) is 27.7 Å². The Hall–Kier alpha value is 0. The fourth-order valence-corrected chi connectivity index (χ4v) is 3.77. The van der Waals surface area contributed by atoms with Gasteiger partial charge in [-0.05, 0) is 48.3 Å². The van der Waals surface area contributed by atoms with Crippen molar-refractivity contribution in [3.05, 3.63) is 5.92 Å². The molecule has 2 rings (SSSR count). The Morgan fingerprint density at radius 2 is 2.00 bits per heavy atom. The highest BCUT2D eigenvalue weighted by molar-refractivity contribution is 5.03. The zero-order valence-electron chi connectivity index (χ0n) is 10.3. The number of rotatable bonds is 0. The van der Waals surface area contributed by atoms with E-state index in [0.717, 1.165) is 17.8 Å². The molecule has 3 atom stereocenters. The normalized spacial score (nSPS) is 43.3. The molecule has 0 heteroatoms. The molecule has 0 saturated heterocycles. The van der Waals surface area contributed by atoms with Crippen molar-refractivity contribution in [2.24, 2.45) is 23.2 Å². The monoisotopic (exact) mass is 193 g/mol. The van der Waals surface area contributed by atoms with Crippen molar-refractivity contribution >= 4 is 0 Å².